The van der Waals surface area contributed by atoms with Crippen LogP contribution < -0.4 is 20.9 Å². The number of anilines is 1. The van der Waals surface area contributed by atoms with Crippen molar-refractivity contribution in [3.05, 3.63) is 101 Å². The highest BCUT2D eigenvalue weighted by molar-refractivity contribution is 7.13. The van der Waals surface area contributed by atoms with E-state index in [0.29, 0.717) is 30.0 Å². The van der Waals surface area contributed by atoms with E-state index in [0.717, 1.165) is 21.7 Å². The van der Waals surface area contributed by atoms with Crippen LogP contribution in [0.5, 0.6) is 5.75 Å². The monoisotopic (exact) mass is 528 g/mol. The SMILES string of the molecule is CC(C)C(=O)Nc1ccc(OCCc2ccccc2)c(C(=O)NNC(C)c2cccc(-c3nccs3)c2)c1. The highest BCUT2D eigenvalue weighted by atomic mass is 32.1. The van der Waals surface area contributed by atoms with Crippen LogP contribution >= 0.6 is 11.3 Å². The summed E-state index contributed by atoms with van der Waals surface area (Å²) in [5.41, 5.74) is 9.96. The minimum Gasteiger partial charge on any atom is -0.492 e. The Hall–Kier alpha value is -4.01. The van der Waals surface area contributed by atoms with Crippen LogP contribution in [0.3, 0.4) is 0 Å². The van der Waals surface area contributed by atoms with Crippen molar-refractivity contribution in [3.8, 4) is 16.3 Å². The molecule has 0 fully saturated rings. The van der Waals surface area contributed by atoms with Gasteiger partial charge in [0.1, 0.15) is 10.8 Å². The lowest BCUT2D eigenvalue weighted by Crippen LogP contribution is -2.39. The number of ether oxygens (including phenoxy) is 1. The van der Waals surface area contributed by atoms with Gasteiger partial charge in [-0.25, -0.2) is 10.4 Å². The van der Waals surface area contributed by atoms with Crippen molar-refractivity contribution < 1.29 is 14.3 Å². The maximum Gasteiger partial charge on any atom is 0.269 e. The molecule has 7 nitrogen and oxygen atoms in total. The molecule has 3 N–H and O–H groups in total. The molecule has 8 heteroatoms. The molecule has 1 unspecified atom stereocenters. The van der Waals surface area contributed by atoms with E-state index in [1.807, 2.05) is 74.7 Å². The lowest BCUT2D eigenvalue weighted by molar-refractivity contribution is -0.118. The first-order valence-corrected chi connectivity index (χ1v) is 13.5. The van der Waals surface area contributed by atoms with Crippen molar-refractivity contribution in [2.75, 3.05) is 11.9 Å². The third kappa shape index (κ3) is 7.27. The number of thiazole rings is 1. The van der Waals surface area contributed by atoms with Gasteiger partial charge < -0.3 is 10.1 Å². The van der Waals surface area contributed by atoms with Crippen LogP contribution in [0.25, 0.3) is 10.6 Å². The maximum absolute atomic E-state index is 13.3. The largest absolute Gasteiger partial charge is 0.492 e. The van der Waals surface area contributed by atoms with Crippen LogP contribution in [0.1, 0.15) is 48.3 Å². The Balaban J connectivity index is 1.46. The molecule has 4 aromatic rings. The van der Waals surface area contributed by atoms with Crippen LogP contribution in [0.4, 0.5) is 5.69 Å². The van der Waals surface area contributed by atoms with Gasteiger partial charge >= 0.3 is 0 Å². The number of carbonyl (C=O) groups is 2. The normalized spacial score (nSPS) is 11.7. The maximum atomic E-state index is 13.3. The molecule has 1 heterocycles. The summed E-state index contributed by atoms with van der Waals surface area (Å²) in [6.45, 7) is 6.02. The summed E-state index contributed by atoms with van der Waals surface area (Å²) in [4.78, 5) is 29.9. The minimum atomic E-state index is -0.358. The topological polar surface area (TPSA) is 92.3 Å². The molecule has 0 radical (unpaired) electrons. The van der Waals surface area contributed by atoms with Crippen molar-refractivity contribution in [2.24, 2.45) is 5.92 Å². The number of aromatic nitrogens is 1. The fraction of sp³-hybridized carbons (Fsp3) is 0.233. The van der Waals surface area contributed by atoms with E-state index in [2.05, 4.69) is 27.2 Å². The summed E-state index contributed by atoms with van der Waals surface area (Å²) in [5, 5.41) is 5.75. The van der Waals surface area contributed by atoms with Gasteiger partial charge in [-0.1, -0.05) is 62.4 Å². The standard InChI is InChI=1S/C30H32N4O3S/c1-20(2)28(35)32-25-12-13-27(37-16-14-22-8-5-4-6-9-22)26(19-25)29(36)34-33-21(3)23-10-7-11-24(18-23)30-31-15-17-38-30/h4-13,15,17-21,33H,14,16H2,1-3H3,(H,32,35)(H,34,36). The quantitative estimate of drug-likeness (QED) is 0.207. The van der Waals surface area contributed by atoms with Crippen molar-refractivity contribution >= 4 is 28.8 Å². The molecule has 0 saturated heterocycles. The third-order valence-corrected chi connectivity index (χ3v) is 6.80. The first-order chi connectivity index (χ1) is 18.4. The molecule has 1 aromatic heterocycles. The number of nitrogens with zero attached hydrogens (tertiary/aromatic N) is 1. The fourth-order valence-electron chi connectivity index (χ4n) is 3.75. The first-order valence-electron chi connectivity index (χ1n) is 12.6. The summed E-state index contributed by atoms with van der Waals surface area (Å²) >= 11 is 1.58. The summed E-state index contributed by atoms with van der Waals surface area (Å²) < 4.78 is 6.01. The van der Waals surface area contributed by atoms with E-state index in [1.165, 1.54) is 0 Å². The molecule has 0 aliphatic rings. The lowest BCUT2D eigenvalue weighted by atomic mass is 10.1. The zero-order valence-corrected chi connectivity index (χ0v) is 22.5. The van der Waals surface area contributed by atoms with Crippen LogP contribution in [0.2, 0.25) is 0 Å². The molecular weight excluding hydrogens is 496 g/mol. The number of carbonyl (C=O) groups excluding carboxylic acids is 2. The Labute approximate surface area is 227 Å². The Morgan fingerprint density at radius 1 is 0.974 bits per heavy atom. The van der Waals surface area contributed by atoms with Gasteiger partial charge in [-0.05, 0) is 42.3 Å². The molecular formula is C30H32N4O3S. The Kier molecular flexibility index (Phi) is 9.24. The van der Waals surface area contributed by atoms with Gasteiger partial charge in [-0.3, -0.25) is 15.0 Å². The Morgan fingerprint density at radius 3 is 2.53 bits per heavy atom. The van der Waals surface area contributed by atoms with Crippen LogP contribution in [0, 0.1) is 5.92 Å². The second-order valence-corrected chi connectivity index (χ2v) is 10.1. The van der Waals surface area contributed by atoms with Gasteiger partial charge in [-0.2, -0.15) is 0 Å². The van der Waals surface area contributed by atoms with Crippen LogP contribution in [-0.4, -0.2) is 23.4 Å². The number of amides is 2. The average Bonchev–Trinajstić information content (AvgIpc) is 3.48. The van der Waals surface area contributed by atoms with E-state index in [-0.39, 0.29) is 23.8 Å². The van der Waals surface area contributed by atoms with Crippen molar-refractivity contribution in [2.45, 2.75) is 33.2 Å². The van der Waals surface area contributed by atoms with E-state index < -0.39 is 0 Å². The molecule has 38 heavy (non-hydrogen) atoms. The number of hydrogen-bond acceptors (Lipinski definition) is 6. The second kappa shape index (κ2) is 13.0. The highest BCUT2D eigenvalue weighted by Crippen LogP contribution is 2.26. The smallest absolute Gasteiger partial charge is 0.269 e. The predicted molar refractivity (Wildman–Crippen MR) is 152 cm³/mol. The fourth-order valence-corrected chi connectivity index (χ4v) is 4.39. The number of hydrogen-bond donors (Lipinski definition) is 3. The zero-order chi connectivity index (χ0) is 26.9. The molecule has 0 bridgehead atoms. The van der Waals surface area contributed by atoms with E-state index in [1.54, 1.807) is 35.7 Å². The van der Waals surface area contributed by atoms with E-state index in [4.69, 9.17) is 4.74 Å². The van der Waals surface area contributed by atoms with Gasteiger partial charge in [0.25, 0.3) is 5.91 Å². The number of nitrogens with one attached hydrogen (secondary N) is 3. The molecule has 0 aliphatic carbocycles. The van der Waals surface area contributed by atoms with Crippen molar-refractivity contribution in [1.29, 1.82) is 0 Å². The molecule has 0 aliphatic heterocycles. The lowest BCUT2D eigenvalue weighted by Gasteiger charge is -2.18. The average molecular weight is 529 g/mol. The van der Waals surface area contributed by atoms with Crippen molar-refractivity contribution in [1.82, 2.24) is 15.8 Å². The molecule has 4 rings (SSSR count). The molecule has 196 valence electrons. The van der Waals surface area contributed by atoms with E-state index in [9.17, 15) is 9.59 Å². The van der Waals surface area contributed by atoms with E-state index >= 15 is 0 Å². The van der Waals surface area contributed by atoms with Crippen LogP contribution in [-0.2, 0) is 11.2 Å². The number of hydrazine groups is 1. The zero-order valence-electron chi connectivity index (χ0n) is 21.7. The summed E-state index contributed by atoms with van der Waals surface area (Å²) in [6, 6.07) is 23.0. The molecule has 0 saturated carbocycles. The third-order valence-electron chi connectivity index (χ3n) is 5.98. The Bertz CT molecular complexity index is 1360. The van der Waals surface area contributed by atoms with Gasteiger partial charge in [0.05, 0.1) is 12.2 Å². The van der Waals surface area contributed by atoms with Crippen LogP contribution in [0.15, 0.2) is 84.4 Å². The van der Waals surface area contributed by atoms with Gasteiger partial charge in [0.15, 0.2) is 0 Å². The summed E-state index contributed by atoms with van der Waals surface area (Å²) in [7, 11) is 0. The molecule has 3 aromatic carbocycles. The van der Waals surface area contributed by atoms with Gasteiger partial charge in [-0.15, -0.1) is 11.3 Å². The summed E-state index contributed by atoms with van der Waals surface area (Å²) in [6.07, 6.45) is 2.49. The molecule has 2 amide bonds. The minimum absolute atomic E-state index is 0.124. The number of rotatable bonds is 11. The number of benzene rings is 3. The molecule has 1 atom stereocenters. The summed E-state index contributed by atoms with van der Waals surface area (Å²) in [5.74, 6) is -0.220. The predicted octanol–water partition coefficient (Wildman–Crippen LogP) is 6.02. The van der Waals surface area contributed by atoms with Crippen molar-refractivity contribution in [3.63, 3.8) is 0 Å². The second-order valence-electron chi connectivity index (χ2n) is 9.22. The Morgan fingerprint density at radius 2 is 1.79 bits per heavy atom. The van der Waals surface area contributed by atoms with Gasteiger partial charge in [0.2, 0.25) is 5.91 Å². The highest BCUT2D eigenvalue weighted by Gasteiger charge is 2.17. The first kappa shape index (κ1) is 27.0. The van der Waals surface area contributed by atoms with Gasteiger partial charge in [0, 0.05) is 41.2 Å². The molecule has 0 spiro atoms.